The fourth-order valence-electron chi connectivity index (χ4n) is 2.77. The Morgan fingerprint density at radius 1 is 1.27 bits per heavy atom. The standard InChI is InChI=1S/C18H15ClN4O3/c1-11-17(23-10-13(19)3-5-16(23)21-11)18(24)22-20-9-12-2-4-14-15(8-12)26-7-6-25-14/h2-5,8-10H,6-7H2,1H3,(H,22,24)/b20-9-. The van der Waals surface area contributed by atoms with Crippen molar-refractivity contribution in [2.24, 2.45) is 5.10 Å². The van der Waals surface area contributed by atoms with Crippen LogP contribution < -0.4 is 14.9 Å². The smallest absolute Gasteiger partial charge is 0.290 e. The van der Waals surface area contributed by atoms with Crippen molar-refractivity contribution in [3.63, 3.8) is 0 Å². The molecule has 4 rings (SSSR count). The van der Waals surface area contributed by atoms with E-state index in [1.54, 1.807) is 35.9 Å². The number of halogens is 1. The molecule has 1 aliphatic heterocycles. The van der Waals surface area contributed by atoms with Crippen LogP contribution >= 0.6 is 11.6 Å². The maximum atomic E-state index is 12.5. The summed E-state index contributed by atoms with van der Waals surface area (Å²) in [5, 5.41) is 4.54. The van der Waals surface area contributed by atoms with Crippen molar-refractivity contribution in [1.82, 2.24) is 14.8 Å². The summed E-state index contributed by atoms with van der Waals surface area (Å²) in [6.07, 6.45) is 3.19. The molecule has 0 radical (unpaired) electrons. The Labute approximate surface area is 154 Å². The highest BCUT2D eigenvalue weighted by molar-refractivity contribution is 6.30. The molecule has 0 unspecified atom stereocenters. The van der Waals surface area contributed by atoms with Gasteiger partial charge in [-0.15, -0.1) is 0 Å². The molecule has 0 saturated carbocycles. The molecular weight excluding hydrogens is 356 g/mol. The van der Waals surface area contributed by atoms with Crippen LogP contribution in [0, 0.1) is 6.92 Å². The number of hydrogen-bond donors (Lipinski definition) is 1. The lowest BCUT2D eigenvalue weighted by atomic mass is 10.2. The van der Waals surface area contributed by atoms with E-state index in [-0.39, 0.29) is 5.91 Å². The van der Waals surface area contributed by atoms with Gasteiger partial charge >= 0.3 is 0 Å². The topological polar surface area (TPSA) is 77.2 Å². The molecule has 1 aromatic carbocycles. The van der Waals surface area contributed by atoms with Gasteiger partial charge in [-0.3, -0.25) is 9.20 Å². The monoisotopic (exact) mass is 370 g/mol. The first kappa shape index (κ1) is 16.4. The first-order valence-electron chi connectivity index (χ1n) is 7.99. The van der Waals surface area contributed by atoms with E-state index in [2.05, 4.69) is 15.5 Å². The maximum absolute atomic E-state index is 12.5. The van der Waals surface area contributed by atoms with Gasteiger partial charge in [0.25, 0.3) is 5.91 Å². The number of imidazole rings is 1. The van der Waals surface area contributed by atoms with Crippen molar-refractivity contribution in [2.75, 3.05) is 13.2 Å². The van der Waals surface area contributed by atoms with Crippen LogP contribution in [0.1, 0.15) is 21.7 Å². The summed E-state index contributed by atoms with van der Waals surface area (Å²) in [6, 6.07) is 8.94. The zero-order valence-corrected chi connectivity index (χ0v) is 14.7. The second-order valence-electron chi connectivity index (χ2n) is 5.72. The van der Waals surface area contributed by atoms with E-state index in [9.17, 15) is 4.79 Å². The molecule has 0 saturated heterocycles. The number of nitrogens with zero attached hydrogens (tertiary/aromatic N) is 3. The van der Waals surface area contributed by atoms with Crippen LogP contribution in [-0.2, 0) is 0 Å². The molecule has 0 aliphatic carbocycles. The lowest BCUT2D eigenvalue weighted by Gasteiger charge is -2.18. The number of benzene rings is 1. The molecule has 1 aliphatic rings. The number of hydrazone groups is 1. The predicted octanol–water partition coefficient (Wildman–Crippen LogP) is 2.83. The van der Waals surface area contributed by atoms with E-state index in [0.29, 0.717) is 46.8 Å². The molecular formula is C18H15ClN4O3. The molecule has 0 bridgehead atoms. The Bertz CT molecular complexity index is 1030. The number of pyridine rings is 1. The molecule has 1 N–H and O–H groups in total. The number of carbonyl (C=O) groups excluding carboxylic acids is 1. The minimum Gasteiger partial charge on any atom is -0.486 e. The minimum absolute atomic E-state index is 0.369. The Balaban J connectivity index is 1.53. The van der Waals surface area contributed by atoms with E-state index >= 15 is 0 Å². The highest BCUT2D eigenvalue weighted by Crippen LogP contribution is 2.30. The number of carbonyl (C=O) groups is 1. The zero-order chi connectivity index (χ0) is 18.1. The third-order valence-electron chi connectivity index (χ3n) is 3.92. The zero-order valence-electron chi connectivity index (χ0n) is 13.9. The Morgan fingerprint density at radius 2 is 2.08 bits per heavy atom. The van der Waals surface area contributed by atoms with Crippen molar-refractivity contribution in [2.45, 2.75) is 6.92 Å². The van der Waals surface area contributed by atoms with Crippen molar-refractivity contribution in [3.8, 4) is 11.5 Å². The number of aromatic nitrogens is 2. The quantitative estimate of drug-likeness (QED) is 0.568. The molecule has 2 aromatic heterocycles. The van der Waals surface area contributed by atoms with Crippen LogP contribution in [0.2, 0.25) is 5.02 Å². The number of rotatable bonds is 3. The summed E-state index contributed by atoms with van der Waals surface area (Å²) in [6.45, 7) is 2.82. The number of fused-ring (bicyclic) bond motifs is 2. The van der Waals surface area contributed by atoms with E-state index in [4.69, 9.17) is 21.1 Å². The second-order valence-corrected chi connectivity index (χ2v) is 6.16. The van der Waals surface area contributed by atoms with Gasteiger partial charge in [0.2, 0.25) is 0 Å². The summed E-state index contributed by atoms with van der Waals surface area (Å²) in [5.41, 5.74) is 4.94. The molecule has 3 heterocycles. The summed E-state index contributed by atoms with van der Waals surface area (Å²) < 4.78 is 12.6. The Hall–Kier alpha value is -3.06. The molecule has 0 spiro atoms. The number of amides is 1. The third-order valence-corrected chi connectivity index (χ3v) is 4.14. The number of ether oxygens (including phenoxy) is 2. The van der Waals surface area contributed by atoms with Crippen molar-refractivity contribution >= 4 is 29.4 Å². The molecule has 26 heavy (non-hydrogen) atoms. The minimum atomic E-state index is -0.369. The number of nitrogens with one attached hydrogen (secondary N) is 1. The summed E-state index contributed by atoms with van der Waals surface area (Å²) >= 11 is 6.01. The van der Waals surface area contributed by atoms with Gasteiger partial charge in [-0.05, 0) is 42.8 Å². The molecule has 8 heteroatoms. The van der Waals surface area contributed by atoms with Crippen LogP contribution in [0.25, 0.3) is 5.65 Å². The number of hydrogen-bond acceptors (Lipinski definition) is 5. The number of aryl methyl sites for hydroxylation is 1. The Kier molecular flexibility index (Phi) is 4.22. The van der Waals surface area contributed by atoms with Gasteiger partial charge in [-0.25, -0.2) is 10.4 Å². The molecule has 0 atom stereocenters. The van der Waals surface area contributed by atoms with Gasteiger partial charge in [0.15, 0.2) is 11.5 Å². The van der Waals surface area contributed by atoms with Crippen molar-refractivity contribution < 1.29 is 14.3 Å². The maximum Gasteiger partial charge on any atom is 0.290 e. The van der Waals surface area contributed by atoms with Gasteiger partial charge in [0, 0.05) is 6.20 Å². The summed E-state index contributed by atoms with van der Waals surface area (Å²) in [5.74, 6) is 1.00. The van der Waals surface area contributed by atoms with Crippen LogP contribution in [0.15, 0.2) is 41.6 Å². The predicted molar refractivity (Wildman–Crippen MR) is 97.4 cm³/mol. The van der Waals surface area contributed by atoms with E-state index in [0.717, 1.165) is 5.56 Å². The average molecular weight is 371 g/mol. The molecule has 0 fully saturated rings. The highest BCUT2D eigenvalue weighted by atomic mass is 35.5. The lowest BCUT2D eigenvalue weighted by Crippen LogP contribution is -2.20. The van der Waals surface area contributed by atoms with Crippen LogP contribution in [0.5, 0.6) is 11.5 Å². The normalized spacial score (nSPS) is 13.3. The van der Waals surface area contributed by atoms with Crippen LogP contribution in [0.3, 0.4) is 0 Å². The first-order valence-corrected chi connectivity index (χ1v) is 8.37. The molecule has 132 valence electrons. The molecule has 3 aromatic rings. The van der Waals surface area contributed by atoms with Crippen molar-refractivity contribution in [3.05, 3.63) is 58.5 Å². The fourth-order valence-corrected chi connectivity index (χ4v) is 2.93. The van der Waals surface area contributed by atoms with Crippen LogP contribution in [-0.4, -0.2) is 34.7 Å². The Morgan fingerprint density at radius 3 is 2.92 bits per heavy atom. The van der Waals surface area contributed by atoms with E-state index < -0.39 is 0 Å². The van der Waals surface area contributed by atoms with Crippen molar-refractivity contribution in [1.29, 1.82) is 0 Å². The van der Waals surface area contributed by atoms with E-state index in [1.165, 1.54) is 0 Å². The molecule has 7 nitrogen and oxygen atoms in total. The van der Waals surface area contributed by atoms with Gasteiger partial charge in [0.1, 0.15) is 24.6 Å². The second kappa shape index (κ2) is 6.68. The fraction of sp³-hybridized carbons (Fsp3) is 0.167. The van der Waals surface area contributed by atoms with Gasteiger partial charge < -0.3 is 9.47 Å². The van der Waals surface area contributed by atoms with Gasteiger partial charge in [-0.2, -0.15) is 5.10 Å². The van der Waals surface area contributed by atoms with Gasteiger partial charge in [-0.1, -0.05) is 11.6 Å². The SMILES string of the molecule is Cc1nc2ccc(Cl)cn2c1C(=O)N/N=C\c1ccc2c(c1)OCCO2. The largest absolute Gasteiger partial charge is 0.486 e. The lowest BCUT2D eigenvalue weighted by molar-refractivity contribution is 0.0948. The molecule has 1 amide bonds. The van der Waals surface area contributed by atoms with E-state index in [1.807, 2.05) is 18.2 Å². The average Bonchev–Trinajstić information content (AvgIpc) is 2.96. The third kappa shape index (κ3) is 3.09. The summed E-state index contributed by atoms with van der Waals surface area (Å²) in [7, 11) is 0. The van der Waals surface area contributed by atoms with Gasteiger partial charge in [0.05, 0.1) is 16.9 Å². The summed E-state index contributed by atoms with van der Waals surface area (Å²) in [4.78, 5) is 16.9. The highest BCUT2D eigenvalue weighted by Gasteiger charge is 2.16. The van der Waals surface area contributed by atoms with Crippen LogP contribution in [0.4, 0.5) is 0 Å². The first-order chi connectivity index (χ1) is 12.6.